The lowest BCUT2D eigenvalue weighted by molar-refractivity contribution is -0.141. The highest BCUT2D eigenvalue weighted by Crippen LogP contribution is 2.54. The number of benzene rings is 2. The molecule has 3 N–H and O–H groups in total. The molecule has 2 aromatic rings. The van der Waals surface area contributed by atoms with Crippen molar-refractivity contribution in [2.75, 3.05) is 13.2 Å². The summed E-state index contributed by atoms with van der Waals surface area (Å²) in [5, 5.41) is 12.9. The number of alkyl halides is 4. The van der Waals surface area contributed by atoms with Crippen molar-refractivity contribution in [2.45, 2.75) is 30.7 Å². The molecule has 0 aliphatic heterocycles. The maximum Gasteiger partial charge on any atom is 0.407 e. The fourth-order valence-electron chi connectivity index (χ4n) is 4.51. The van der Waals surface area contributed by atoms with Gasteiger partial charge in [-0.2, -0.15) is 0 Å². The van der Waals surface area contributed by atoms with Gasteiger partial charge in [-0.15, -0.1) is 0 Å². The fourth-order valence-corrected chi connectivity index (χ4v) is 4.51. The van der Waals surface area contributed by atoms with Crippen molar-refractivity contribution in [3.63, 3.8) is 0 Å². The predicted octanol–water partition coefficient (Wildman–Crippen LogP) is 3.63. The number of carboxylic acids is 1. The molecule has 7 nitrogen and oxygen atoms in total. The van der Waals surface area contributed by atoms with E-state index in [-0.39, 0.29) is 12.5 Å². The Morgan fingerprint density at radius 1 is 1.00 bits per heavy atom. The summed E-state index contributed by atoms with van der Waals surface area (Å²) >= 11 is 0. The van der Waals surface area contributed by atoms with Crippen molar-refractivity contribution < 1.29 is 41.8 Å². The van der Waals surface area contributed by atoms with Crippen LogP contribution in [0.4, 0.5) is 22.4 Å². The van der Waals surface area contributed by atoms with Crippen molar-refractivity contribution in [1.82, 2.24) is 10.6 Å². The van der Waals surface area contributed by atoms with Crippen molar-refractivity contribution in [1.29, 1.82) is 0 Å². The van der Waals surface area contributed by atoms with Crippen molar-refractivity contribution in [3.05, 3.63) is 59.7 Å². The summed E-state index contributed by atoms with van der Waals surface area (Å²) in [7, 11) is 0. The second-order valence-corrected chi connectivity index (χ2v) is 8.49. The van der Waals surface area contributed by atoms with Crippen LogP contribution in [0.2, 0.25) is 0 Å². The van der Waals surface area contributed by atoms with Crippen LogP contribution in [0.5, 0.6) is 0 Å². The van der Waals surface area contributed by atoms with E-state index in [4.69, 9.17) is 9.84 Å². The van der Waals surface area contributed by atoms with E-state index in [1.54, 1.807) is 0 Å². The third-order valence-corrected chi connectivity index (χ3v) is 6.33. The molecule has 0 saturated heterocycles. The first-order valence-corrected chi connectivity index (χ1v) is 10.9. The number of fused-ring (bicyclic) bond motifs is 3. The van der Waals surface area contributed by atoms with Gasteiger partial charge < -0.3 is 20.5 Å². The number of hydrogen-bond donors (Lipinski definition) is 3. The molecule has 0 radical (unpaired) electrons. The van der Waals surface area contributed by atoms with Crippen molar-refractivity contribution in [2.24, 2.45) is 11.8 Å². The number of carbonyl (C=O) groups is 3. The van der Waals surface area contributed by atoms with E-state index < -0.39 is 61.2 Å². The number of ether oxygens (including phenoxy) is 1. The molecule has 0 bridgehead atoms. The van der Waals surface area contributed by atoms with Crippen LogP contribution in [0.3, 0.4) is 0 Å². The van der Waals surface area contributed by atoms with Gasteiger partial charge in [-0.05, 0) is 22.3 Å². The fraction of sp³-hybridized carbons (Fsp3) is 0.375. The Morgan fingerprint density at radius 2 is 1.57 bits per heavy atom. The molecule has 3 atom stereocenters. The monoisotopic (exact) mass is 494 g/mol. The van der Waals surface area contributed by atoms with Crippen LogP contribution in [0.25, 0.3) is 11.1 Å². The Morgan fingerprint density at radius 3 is 2.09 bits per heavy atom. The number of carboxylic acid groups (broad SMARTS) is 1. The molecule has 35 heavy (non-hydrogen) atoms. The molecule has 0 heterocycles. The molecule has 0 aromatic heterocycles. The second kappa shape index (κ2) is 9.55. The Balaban J connectivity index is 1.36. The van der Waals surface area contributed by atoms with E-state index in [0.29, 0.717) is 0 Å². The summed E-state index contributed by atoms with van der Waals surface area (Å²) in [5.41, 5.74) is 3.84. The highest BCUT2D eigenvalue weighted by Gasteiger charge is 2.72. The smallest absolute Gasteiger partial charge is 0.407 e. The van der Waals surface area contributed by atoms with Crippen LogP contribution in [-0.4, -0.2) is 54.6 Å². The second-order valence-electron chi connectivity index (χ2n) is 8.49. The molecule has 3 unspecified atom stereocenters. The van der Waals surface area contributed by atoms with Crippen molar-refractivity contribution in [3.8, 4) is 11.1 Å². The normalized spacial score (nSPS) is 20.5. The lowest BCUT2D eigenvalue weighted by Crippen LogP contribution is -2.48. The van der Waals surface area contributed by atoms with Gasteiger partial charge in [-0.3, -0.25) is 9.59 Å². The molecular weight excluding hydrogens is 472 g/mol. The van der Waals surface area contributed by atoms with E-state index in [1.165, 1.54) is 0 Å². The minimum absolute atomic E-state index is 0.114. The van der Waals surface area contributed by atoms with Gasteiger partial charge in [0.25, 0.3) is 5.92 Å². The average molecular weight is 494 g/mol. The number of rotatable bonds is 9. The molecule has 4 rings (SSSR count). The van der Waals surface area contributed by atoms with Crippen LogP contribution in [0.1, 0.15) is 23.5 Å². The van der Waals surface area contributed by atoms with Gasteiger partial charge in [0, 0.05) is 18.9 Å². The van der Waals surface area contributed by atoms with E-state index >= 15 is 0 Å². The summed E-state index contributed by atoms with van der Waals surface area (Å²) in [5.74, 6) is -10.2. The van der Waals surface area contributed by atoms with Gasteiger partial charge in [0.2, 0.25) is 12.3 Å². The summed E-state index contributed by atoms with van der Waals surface area (Å²) in [6, 6.07) is 13.4. The standard InChI is InChI=1S/C24H22F4N2O5/c25-19(26)9-18(21(31)29-10-17-20(22(32)33)24(17,27)28)30-23(34)35-11-16-14-7-3-1-5-12(14)13-6-2-4-8-15(13)16/h1-8,16-20H,9-11H2,(H,29,31)(H,30,34)(H,32,33). The third kappa shape index (κ3) is 4.94. The number of halogens is 4. The number of aliphatic carboxylic acids is 1. The maximum atomic E-state index is 13.5. The first-order chi connectivity index (χ1) is 16.6. The summed E-state index contributed by atoms with van der Waals surface area (Å²) in [6.07, 6.45) is -5.17. The Bertz CT molecular complexity index is 1100. The van der Waals surface area contributed by atoms with Gasteiger partial charge in [-0.25, -0.2) is 22.4 Å². The minimum atomic E-state index is -3.50. The molecule has 11 heteroatoms. The summed E-state index contributed by atoms with van der Waals surface area (Å²) in [6.45, 7) is -0.841. The maximum absolute atomic E-state index is 13.5. The van der Waals surface area contributed by atoms with Crippen LogP contribution in [-0.2, 0) is 14.3 Å². The van der Waals surface area contributed by atoms with Crippen LogP contribution in [0, 0.1) is 11.8 Å². The van der Waals surface area contributed by atoms with E-state index in [2.05, 4.69) is 5.32 Å². The summed E-state index contributed by atoms with van der Waals surface area (Å²) in [4.78, 5) is 35.5. The molecule has 0 spiro atoms. The lowest BCUT2D eigenvalue weighted by atomic mass is 9.98. The number of alkyl carbamates (subject to hydrolysis) is 1. The number of amides is 2. The number of hydrogen-bond acceptors (Lipinski definition) is 4. The van der Waals surface area contributed by atoms with E-state index in [0.717, 1.165) is 22.3 Å². The highest BCUT2D eigenvalue weighted by atomic mass is 19.3. The Labute approximate surface area is 197 Å². The number of carbonyl (C=O) groups excluding carboxylic acids is 2. The number of nitrogens with one attached hydrogen (secondary N) is 2. The zero-order chi connectivity index (χ0) is 25.3. The molecule has 1 saturated carbocycles. The van der Waals surface area contributed by atoms with E-state index in [1.807, 2.05) is 53.8 Å². The molecule has 2 aromatic carbocycles. The lowest BCUT2D eigenvalue weighted by Gasteiger charge is -2.19. The topological polar surface area (TPSA) is 105 Å². The van der Waals surface area contributed by atoms with Crippen LogP contribution < -0.4 is 10.6 Å². The Hall–Kier alpha value is -3.63. The van der Waals surface area contributed by atoms with Gasteiger partial charge in [0.15, 0.2) is 0 Å². The van der Waals surface area contributed by atoms with Gasteiger partial charge >= 0.3 is 12.1 Å². The quantitative estimate of drug-likeness (QED) is 0.462. The van der Waals surface area contributed by atoms with Gasteiger partial charge in [0.05, 0.1) is 5.92 Å². The van der Waals surface area contributed by atoms with Gasteiger partial charge in [-0.1, -0.05) is 48.5 Å². The molecular formula is C24H22F4N2O5. The zero-order valence-electron chi connectivity index (χ0n) is 18.2. The molecule has 2 aliphatic rings. The third-order valence-electron chi connectivity index (χ3n) is 6.33. The van der Waals surface area contributed by atoms with Gasteiger partial charge in [0.1, 0.15) is 18.6 Å². The van der Waals surface area contributed by atoms with E-state index in [9.17, 15) is 31.9 Å². The predicted molar refractivity (Wildman–Crippen MR) is 115 cm³/mol. The molecule has 186 valence electrons. The zero-order valence-corrected chi connectivity index (χ0v) is 18.2. The first kappa shape index (κ1) is 24.5. The first-order valence-electron chi connectivity index (χ1n) is 10.9. The Kier molecular flexibility index (Phi) is 6.68. The molecule has 2 amide bonds. The largest absolute Gasteiger partial charge is 0.481 e. The van der Waals surface area contributed by atoms with Crippen LogP contribution >= 0.6 is 0 Å². The summed E-state index contributed by atoms with van der Waals surface area (Å²) < 4.78 is 58.2. The SMILES string of the molecule is O=C(NC(CC(F)F)C(=O)NCC1C(C(=O)O)C1(F)F)OCC1c2ccccc2-c2ccccc21. The molecule has 2 aliphatic carbocycles. The minimum Gasteiger partial charge on any atom is -0.481 e. The highest BCUT2D eigenvalue weighted by molar-refractivity contribution is 5.86. The molecule has 1 fully saturated rings. The van der Waals surface area contributed by atoms with Crippen LogP contribution in [0.15, 0.2) is 48.5 Å². The average Bonchev–Trinajstić information content (AvgIpc) is 3.22. The van der Waals surface area contributed by atoms with Crippen molar-refractivity contribution >= 4 is 18.0 Å².